The predicted molar refractivity (Wildman–Crippen MR) is 151 cm³/mol. The molecule has 0 saturated heterocycles. The van der Waals surface area contributed by atoms with E-state index in [4.69, 9.17) is 23.2 Å². The van der Waals surface area contributed by atoms with Gasteiger partial charge in [0.1, 0.15) is 0 Å². The largest absolute Gasteiger partial charge is 0.374 e. The summed E-state index contributed by atoms with van der Waals surface area (Å²) in [7, 11) is 6.52. The first-order valence-corrected chi connectivity index (χ1v) is 12.9. The highest BCUT2D eigenvalue weighted by atomic mass is 35.5. The lowest BCUT2D eigenvalue weighted by atomic mass is 10.1. The van der Waals surface area contributed by atoms with Crippen molar-refractivity contribution >= 4 is 56.4 Å². The molecule has 0 spiro atoms. The molecule has 0 radical (unpaired) electrons. The SMILES string of the molecule is CN(CCCCN(C)c1ccnc2cc(Cl)ccc12)CCCN(C)c1ccnc2cc(Cl)ccc12. The molecule has 184 valence electrons. The summed E-state index contributed by atoms with van der Waals surface area (Å²) in [5, 5.41) is 3.72. The normalized spacial score (nSPS) is 11.5. The summed E-state index contributed by atoms with van der Waals surface area (Å²) < 4.78 is 0. The van der Waals surface area contributed by atoms with Crippen molar-refractivity contribution in [1.82, 2.24) is 14.9 Å². The van der Waals surface area contributed by atoms with Crippen LogP contribution in [-0.2, 0) is 0 Å². The van der Waals surface area contributed by atoms with Crippen LogP contribution in [0.1, 0.15) is 19.3 Å². The second-order valence-corrected chi connectivity index (χ2v) is 10.1. The second kappa shape index (κ2) is 11.9. The summed E-state index contributed by atoms with van der Waals surface area (Å²) in [6.45, 7) is 4.18. The molecule has 0 fully saturated rings. The number of fused-ring (bicyclic) bond motifs is 2. The molecule has 0 aliphatic heterocycles. The molecule has 4 aromatic rings. The van der Waals surface area contributed by atoms with Crippen LogP contribution in [0.5, 0.6) is 0 Å². The fourth-order valence-electron chi connectivity index (χ4n) is 4.54. The van der Waals surface area contributed by atoms with Gasteiger partial charge < -0.3 is 14.7 Å². The minimum atomic E-state index is 0.719. The molecule has 0 N–H and O–H groups in total. The predicted octanol–water partition coefficient (Wildman–Crippen LogP) is 6.76. The standard InChI is InChI=1S/C28H33Cl2N5/c1-33(16-6-18-35(3)28-12-14-32-26-20-22(30)8-10-24(26)28)15-4-5-17-34(2)27-11-13-31-25-19-21(29)7-9-23(25)27/h7-14,19-20H,4-6,15-18H2,1-3H3. The molecule has 2 aromatic heterocycles. The zero-order chi connectivity index (χ0) is 24.8. The summed E-state index contributed by atoms with van der Waals surface area (Å²) in [5.41, 5.74) is 4.28. The summed E-state index contributed by atoms with van der Waals surface area (Å²) in [4.78, 5) is 16.0. The highest BCUT2D eigenvalue weighted by Gasteiger charge is 2.09. The van der Waals surface area contributed by atoms with Crippen LogP contribution >= 0.6 is 23.2 Å². The van der Waals surface area contributed by atoms with Crippen molar-refractivity contribution in [3.05, 3.63) is 71.0 Å². The molecule has 35 heavy (non-hydrogen) atoms. The third kappa shape index (κ3) is 6.54. The molecule has 0 saturated carbocycles. The zero-order valence-electron chi connectivity index (χ0n) is 20.7. The third-order valence-corrected chi connectivity index (χ3v) is 6.97. The number of pyridine rings is 2. The van der Waals surface area contributed by atoms with E-state index in [2.05, 4.69) is 70.1 Å². The van der Waals surface area contributed by atoms with Gasteiger partial charge in [-0.05, 0) is 87.9 Å². The minimum absolute atomic E-state index is 0.719. The molecular formula is C28H33Cl2N5. The maximum absolute atomic E-state index is 6.13. The summed E-state index contributed by atoms with van der Waals surface area (Å²) in [5.74, 6) is 0. The second-order valence-electron chi connectivity index (χ2n) is 9.19. The maximum atomic E-state index is 6.13. The van der Waals surface area contributed by atoms with Gasteiger partial charge in [0.15, 0.2) is 0 Å². The van der Waals surface area contributed by atoms with Crippen LogP contribution in [0, 0.1) is 0 Å². The first-order valence-electron chi connectivity index (χ1n) is 12.1. The van der Waals surface area contributed by atoms with Crippen LogP contribution in [0.25, 0.3) is 21.8 Å². The molecule has 2 heterocycles. The minimum Gasteiger partial charge on any atom is -0.374 e. The Morgan fingerprint density at radius 2 is 1.06 bits per heavy atom. The molecular weight excluding hydrogens is 477 g/mol. The van der Waals surface area contributed by atoms with Crippen molar-refractivity contribution < 1.29 is 0 Å². The molecule has 7 heteroatoms. The van der Waals surface area contributed by atoms with Crippen molar-refractivity contribution in [3.8, 4) is 0 Å². The van der Waals surface area contributed by atoms with Gasteiger partial charge >= 0.3 is 0 Å². The van der Waals surface area contributed by atoms with Crippen LogP contribution in [0.3, 0.4) is 0 Å². The molecule has 2 aromatic carbocycles. The van der Waals surface area contributed by atoms with Crippen molar-refractivity contribution in [2.24, 2.45) is 0 Å². The highest BCUT2D eigenvalue weighted by Crippen LogP contribution is 2.28. The van der Waals surface area contributed by atoms with Crippen molar-refractivity contribution in [3.63, 3.8) is 0 Å². The first-order chi connectivity index (χ1) is 16.9. The molecule has 0 aliphatic carbocycles. The van der Waals surface area contributed by atoms with E-state index >= 15 is 0 Å². The topological polar surface area (TPSA) is 35.5 Å². The maximum Gasteiger partial charge on any atom is 0.0737 e. The molecule has 0 amide bonds. The molecule has 0 unspecified atom stereocenters. The van der Waals surface area contributed by atoms with Crippen molar-refractivity contribution in [2.75, 3.05) is 57.1 Å². The molecule has 4 rings (SSSR count). The molecule has 0 bridgehead atoms. The van der Waals surface area contributed by atoms with Gasteiger partial charge in [0.25, 0.3) is 0 Å². The number of rotatable bonds is 11. The van der Waals surface area contributed by atoms with Gasteiger partial charge in [-0.1, -0.05) is 23.2 Å². The van der Waals surface area contributed by atoms with Crippen LogP contribution in [0.15, 0.2) is 60.9 Å². The average molecular weight is 511 g/mol. The number of benzene rings is 2. The van der Waals surface area contributed by atoms with Gasteiger partial charge in [-0.15, -0.1) is 0 Å². The fraction of sp³-hybridized carbons (Fsp3) is 0.357. The number of nitrogens with zero attached hydrogens (tertiary/aromatic N) is 5. The summed E-state index contributed by atoms with van der Waals surface area (Å²) in [6, 6.07) is 16.0. The highest BCUT2D eigenvalue weighted by molar-refractivity contribution is 6.31. The monoisotopic (exact) mass is 509 g/mol. The summed E-state index contributed by atoms with van der Waals surface area (Å²) in [6.07, 6.45) is 7.14. The molecule has 0 atom stereocenters. The van der Waals surface area contributed by atoms with E-state index in [1.54, 1.807) is 0 Å². The van der Waals surface area contributed by atoms with Gasteiger partial charge in [0, 0.05) is 71.8 Å². The Kier molecular flexibility index (Phi) is 8.66. The van der Waals surface area contributed by atoms with E-state index in [1.807, 2.05) is 36.7 Å². The first kappa shape index (κ1) is 25.5. The number of hydrogen-bond acceptors (Lipinski definition) is 5. The van der Waals surface area contributed by atoms with E-state index in [0.29, 0.717) is 0 Å². The Morgan fingerprint density at radius 3 is 1.60 bits per heavy atom. The van der Waals surface area contributed by atoms with E-state index in [0.717, 1.165) is 70.9 Å². The smallest absolute Gasteiger partial charge is 0.0737 e. The van der Waals surface area contributed by atoms with Gasteiger partial charge in [-0.25, -0.2) is 0 Å². The lowest BCUT2D eigenvalue weighted by Gasteiger charge is -2.24. The quantitative estimate of drug-likeness (QED) is 0.208. The number of unbranched alkanes of at least 4 members (excludes halogenated alkanes) is 1. The number of aromatic nitrogens is 2. The third-order valence-electron chi connectivity index (χ3n) is 6.50. The van der Waals surface area contributed by atoms with Gasteiger partial charge in [0.05, 0.1) is 11.0 Å². The summed E-state index contributed by atoms with van der Waals surface area (Å²) >= 11 is 12.3. The Bertz CT molecular complexity index is 1280. The van der Waals surface area contributed by atoms with E-state index in [1.165, 1.54) is 17.8 Å². The van der Waals surface area contributed by atoms with Crippen LogP contribution in [-0.4, -0.2) is 62.2 Å². The molecule has 5 nitrogen and oxygen atoms in total. The van der Waals surface area contributed by atoms with Gasteiger partial charge in [0.2, 0.25) is 0 Å². The number of hydrogen-bond donors (Lipinski definition) is 0. The Hall–Kier alpha value is -2.60. The van der Waals surface area contributed by atoms with Gasteiger partial charge in [-0.3, -0.25) is 9.97 Å². The lowest BCUT2D eigenvalue weighted by molar-refractivity contribution is 0.323. The van der Waals surface area contributed by atoms with Crippen LogP contribution in [0.4, 0.5) is 11.4 Å². The van der Waals surface area contributed by atoms with Crippen LogP contribution in [0.2, 0.25) is 10.0 Å². The fourth-order valence-corrected chi connectivity index (χ4v) is 4.87. The molecule has 0 aliphatic rings. The van der Waals surface area contributed by atoms with E-state index in [-0.39, 0.29) is 0 Å². The number of anilines is 2. The van der Waals surface area contributed by atoms with E-state index in [9.17, 15) is 0 Å². The van der Waals surface area contributed by atoms with Crippen molar-refractivity contribution in [2.45, 2.75) is 19.3 Å². The van der Waals surface area contributed by atoms with E-state index < -0.39 is 0 Å². The Morgan fingerprint density at radius 1 is 0.600 bits per heavy atom. The van der Waals surface area contributed by atoms with Crippen LogP contribution < -0.4 is 9.80 Å². The lowest BCUT2D eigenvalue weighted by Crippen LogP contribution is -2.27. The average Bonchev–Trinajstić information content (AvgIpc) is 2.85. The zero-order valence-corrected chi connectivity index (χ0v) is 22.2. The van der Waals surface area contributed by atoms with Crippen molar-refractivity contribution in [1.29, 1.82) is 0 Å². The van der Waals surface area contributed by atoms with Gasteiger partial charge in [-0.2, -0.15) is 0 Å². The Labute approximate surface area is 218 Å². The Balaban J connectivity index is 1.20. The number of halogens is 2.